The SMILES string of the molecule is CC/C=C\C(C)=NCC1CCCN1C(=O)CNC(=O)OC. The van der Waals surface area contributed by atoms with Crippen LogP contribution in [0.4, 0.5) is 4.79 Å². The zero-order valence-corrected chi connectivity index (χ0v) is 13.1. The van der Waals surface area contributed by atoms with E-state index < -0.39 is 6.09 Å². The van der Waals surface area contributed by atoms with E-state index in [1.807, 2.05) is 13.0 Å². The Morgan fingerprint density at radius 1 is 1.48 bits per heavy atom. The molecule has 1 heterocycles. The second-order valence-corrected chi connectivity index (χ2v) is 5.02. The van der Waals surface area contributed by atoms with Crippen molar-refractivity contribution in [2.45, 2.75) is 39.2 Å². The highest BCUT2D eigenvalue weighted by Gasteiger charge is 2.28. The van der Waals surface area contributed by atoms with Crippen LogP contribution in [-0.2, 0) is 9.53 Å². The van der Waals surface area contributed by atoms with E-state index in [1.165, 1.54) is 7.11 Å². The second kappa shape index (κ2) is 9.15. The summed E-state index contributed by atoms with van der Waals surface area (Å²) in [5.74, 6) is -0.0835. The van der Waals surface area contributed by atoms with Crippen molar-refractivity contribution < 1.29 is 14.3 Å². The molecule has 0 aromatic rings. The molecule has 21 heavy (non-hydrogen) atoms. The van der Waals surface area contributed by atoms with Crippen molar-refractivity contribution >= 4 is 17.7 Å². The molecule has 1 unspecified atom stereocenters. The number of aliphatic imine (C=N–C) groups is 1. The number of likely N-dealkylation sites (tertiary alicyclic amines) is 1. The zero-order valence-electron chi connectivity index (χ0n) is 13.1. The molecule has 1 aliphatic rings. The van der Waals surface area contributed by atoms with E-state index in [9.17, 15) is 9.59 Å². The molecule has 0 aromatic carbocycles. The van der Waals surface area contributed by atoms with Gasteiger partial charge in [-0.15, -0.1) is 0 Å². The Kier molecular flexibility index (Phi) is 7.50. The first-order chi connectivity index (χ1) is 10.1. The smallest absolute Gasteiger partial charge is 0.407 e. The summed E-state index contributed by atoms with van der Waals surface area (Å²) in [4.78, 5) is 29.4. The normalized spacial score (nSPS) is 19.1. The summed E-state index contributed by atoms with van der Waals surface area (Å²) in [6.45, 7) is 5.36. The van der Waals surface area contributed by atoms with E-state index in [-0.39, 0.29) is 18.5 Å². The van der Waals surface area contributed by atoms with Gasteiger partial charge in [0.25, 0.3) is 0 Å². The van der Waals surface area contributed by atoms with Crippen molar-refractivity contribution in [3.63, 3.8) is 0 Å². The first-order valence-electron chi connectivity index (χ1n) is 7.37. The molecule has 1 fully saturated rings. The third kappa shape index (κ3) is 5.97. The second-order valence-electron chi connectivity index (χ2n) is 5.02. The van der Waals surface area contributed by atoms with Crippen molar-refractivity contribution in [1.82, 2.24) is 10.2 Å². The fourth-order valence-corrected chi connectivity index (χ4v) is 2.27. The lowest BCUT2D eigenvalue weighted by Gasteiger charge is -2.23. The number of hydrogen-bond acceptors (Lipinski definition) is 4. The number of rotatable bonds is 6. The fourth-order valence-electron chi connectivity index (χ4n) is 2.27. The molecular weight excluding hydrogens is 270 g/mol. The lowest BCUT2D eigenvalue weighted by atomic mass is 10.2. The summed E-state index contributed by atoms with van der Waals surface area (Å²) >= 11 is 0. The summed E-state index contributed by atoms with van der Waals surface area (Å²) in [5.41, 5.74) is 0.976. The summed E-state index contributed by atoms with van der Waals surface area (Å²) in [6.07, 6.45) is 6.40. The largest absolute Gasteiger partial charge is 0.453 e. The molecule has 118 valence electrons. The lowest BCUT2D eigenvalue weighted by molar-refractivity contribution is -0.130. The highest BCUT2D eigenvalue weighted by molar-refractivity contribution is 5.92. The molecule has 6 nitrogen and oxygen atoms in total. The maximum absolute atomic E-state index is 12.1. The Morgan fingerprint density at radius 2 is 2.24 bits per heavy atom. The molecule has 0 spiro atoms. The molecule has 0 bridgehead atoms. The van der Waals surface area contributed by atoms with Gasteiger partial charge in [-0.2, -0.15) is 0 Å². The molecule has 6 heteroatoms. The minimum absolute atomic E-state index is 0.0262. The third-order valence-corrected chi connectivity index (χ3v) is 3.41. The van der Waals surface area contributed by atoms with Crippen LogP contribution < -0.4 is 5.32 Å². The average molecular weight is 295 g/mol. The Hall–Kier alpha value is -1.85. The molecule has 0 radical (unpaired) electrons. The highest BCUT2D eigenvalue weighted by atomic mass is 16.5. The predicted molar refractivity (Wildman–Crippen MR) is 82.5 cm³/mol. The summed E-state index contributed by atoms with van der Waals surface area (Å²) < 4.78 is 4.46. The molecular formula is C15H25N3O3. The van der Waals surface area contributed by atoms with Crippen molar-refractivity contribution in [2.24, 2.45) is 4.99 Å². The van der Waals surface area contributed by atoms with Crippen LogP contribution in [0.2, 0.25) is 0 Å². The Bertz CT molecular complexity index is 418. The van der Waals surface area contributed by atoms with Gasteiger partial charge in [-0.25, -0.2) is 4.79 Å². The van der Waals surface area contributed by atoms with Gasteiger partial charge in [-0.3, -0.25) is 9.79 Å². The number of allylic oxidation sites excluding steroid dienone is 2. The van der Waals surface area contributed by atoms with E-state index in [0.717, 1.165) is 31.5 Å². The van der Waals surface area contributed by atoms with Gasteiger partial charge in [-0.1, -0.05) is 13.0 Å². The first kappa shape index (κ1) is 17.2. The fraction of sp³-hybridized carbons (Fsp3) is 0.667. The van der Waals surface area contributed by atoms with Gasteiger partial charge in [0.15, 0.2) is 0 Å². The van der Waals surface area contributed by atoms with Crippen molar-refractivity contribution in [2.75, 3.05) is 26.7 Å². The zero-order chi connectivity index (χ0) is 15.7. The number of hydrogen-bond donors (Lipinski definition) is 1. The number of amides is 2. The minimum atomic E-state index is -0.585. The predicted octanol–water partition coefficient (Wildman–Crippen LogP) is 1.76. The Labute approximate surface area is 126 Å². The molecule has 1 N–H and O–H groups in total. The van der Waals surface area contributed by atoms with Crippen molar-refractivity contribution in [1.29, 1.82) is 0 Å². The van der Waals surface area contributed by atoms with Gasteiger partial charge in [0.05, 0.1) is 19.7 Å². The van der Waals surface area contributed by atoms with E-state index in [2.05, 4.69) is 28.0 Å². The number of methoxy groups -OCH3 is 1. The number of nitrogens with one attached hydrogen (secondary N) is 1. The molecule has 1 aliphatic heterocycles. The van der Waals surface area contributed by atoms with Gasteiger partial charge in [0.1, 0.15) is 6.54 Å². The number of ether oxygens (including phenoxy) is 1. The van der Waals surface area contributed by atoms with Crippen LogP contribution in [0.1, 0.15) is 33.1 Å². The van der Waals surface area contributed by atoms with E-state index >= 15 is 0 Å². The van der Waals surface area contributed by atoms with E-state index in [1.54, 1.807) is 4.90 Å². The van der Waals surface area contributed by atoms with Crippen LogP contribution in [0.5, 0.6) is 0 Å². The molecule has 0 aliphatic carbocycles. The van der Waals surface area contributed by atoms with Crippen LogP contribution in [-0.4, -0.2) is 55.4 Å². The van der Waals surface area contributed by atoms with Crippen LogP contribution in [0.3, 0.4) is 0 Å². The van der Waals surface area contributed by atoms with Gasteiger partial charge in [0, 0.05) is 12.3 Å². The molecule has 0 aromatic heterocycles. The van der Waals surface area contributed by atoms with Gasteiger partial charge < -0.3 is 15.0 Å². The molecule has 1 saturated heterocycles. The first-order valence-corrected chi connectivity index (χ1v) is 7.37. The van der Waals surface area contributed by atoms with Gasteiger partial charge >= 0.3 is 6.09 Å². The average Bonchev–Trinajstić information content (AvgIpc) is 2.96. The number of carbonyl (C=O) groups excluding carboxylic acids is 2. The molecule has 0 saturated carbocycles. The quantitative estimate of drug-likeness (QED) is 0.759. The lowest BCUT2D eigenvalue weighted by Crippen LogP contribution is -2.43. The maximum Gasteiger partial charge on any atom is 0.407 e. The molecule has 1 atom stereocenters. The third-order valence-electron chi connectivity index (χ3n) is 3.41. The number of carbonyl (C=O) groups is 2. The molecule has 2 amide bonds. The summed E-state index contributed by atoms with van der Waals surface area (Å²) in [5, 5.41) is 2.42. The Morgan fingerprint density at radius 3 is 2.90 bits per heavy atom. The van der Waals surface area contributed by atoms with Crippen LogP contribution in [0, 0.1) is 0 Å². The van der Waals surface area contributed by atoms with Gasteiger partial charge in [-0.05, 0) is 32.3 Å². The Balaban J connectivity index is 2.49. The summed E-state index contributed by atoms with van der Waals surface area (Å²) in [6, 6.07) is 0.127. The maximum atomic E-state index is 12.1. The van der Waals surface area contributed by atoms with Crippen molar-refractivity contribution in [3.8, 4) is 0 Å². The van der Waals surface area contributed by atoms with E-state index in [0.29, 0.717) is 6.54 Å². The minimum Gasteiger partial charge on any atom is -0.453 e. The topological polar surface area (TPSA) is 71.0 Å². The van der Waals surface area contributed by atoms with E-state index in [4.69, 9.17) is 0 Å². The number of alkyl carbamates (subject to hydrolysis) is 1. The van der Waals surface area contributed by atoms with Gasteiger partial charge in [0.2, 0.25) is 5.91 Å². The van der Waals surface area contributed by atoms with Crippen LogP contribution >= 0.6 is 0 Å². The highest BCUT2D eigenvalue weighted by Crippen LogP contribution is 2.17. The monoisotopic (exact) mass is 295 g/mol. The standard InChI is InChI=1S/C15H25N3O3/c1-4-5-7-12(2)16-10-13-8-6-9-18(13)14(19)11-17-15(20)21-3/h5,7,13H,4,6,8-11H2,1-3H3,(H,17,20)/b7-5-,16-12?. The van der Waals surface area contributed by atoms with Crippen LogP contribution in [0.25, 0.3) is 0 Å². The van der Waals surface area contributed by atoms with Crippen LogP contribution in [0.15, 0.2) is 17.1 Å². The number of nitrogens with zero attached hydrogens (tertiary/aromatic N) is 2. The summed E-state index contributed by atoms with van der Waals surface area (Å²) in [7, 11) is 1.28. The van der Waals surface area contributed by atoms with Crippen molar-refractivity contribution in [3.05, 3.63) is 12.2 Å². The molecule has 1 rings (SSSR count).